The molecule has 0 saturated carbocycles. The molecule has 2 aromatic rings. The molecule has 2 aliphatic heterocycles. The lowest BCUT2D eigenvalue weighted by Gasteiger charge is -2.28. The molecule has 2 amide bonds. The van der Waals surface area contributed by atoms with Crippen molar-refractivity contribution in [3.8, 4) is 0 Å². The first kappa shape index (κ1) is 20.9. The topological polar surface area (TPSA) is 58.4 Å². The monoisotopic (exact) mass is 410 g/mol. The number of benzene rings is 1. The molecule has 30 heavy (non-hydrogen) atoms. The van der Waals surface area contributed by atoms with Crippen LogP contribution in [-0.4, -0.2) is 50.8 Å². The second kappa shape index (κ2) is 8.40. The minimum atomic E-state index is -0.222. The lowest BCUT2D eigenvalue weighted by atomic mass is 10.1. The molecule has 0 bridgehead atoms. The summed E-state index contributed by atoms with van der Waals surface area (Å²) in [7, 11) is 0. The van der Waals surface area contributed by atoms with Gasteiger partial charge in [-0.05, 0) is 36.8 Å². The number of nitrogens with zero attached hydrogens (tertiary/aromatic N) is 4. The molecule has 1 aromatic carbocycles. The van der Waals surface area contributed by atoms with Crippen LogP contribution in [0.3, 0.4) is 0 Å². The highest BCUT2D eigenvalue weighted by Gasteiger charge is 2.41. The van der Waals surface area contributed by atoms with Gasteiger partial charge < -0.3 is 14.4 Å². The maximum atomic E-state index is 13.5. The second-order valence-electron chi connectivity index (χ2n) is 9.75. The van der Waals surface area contributed by atoms with E-state index in [0.717, 1.165) is 49.3 Å². The molecule has 1 unspecified atom stereocenters. The molecule has 0 aliphatic carbocycles. The van der Waals surface area contributed by atoms with Crippen molar-refractivity contribution >= 4 is 22.8 Å². The predicted octanol–water partition coefficient (Wildman–Crippen LogP) is 3.86. The first-order valence-electron chi connectivity index (χ1n) is 11.4. The Balaban J connectivity index is 1.60. The van der Waals surface area contributed by atoms with Gasteiger partial charge in [0.1, 0.15) is 5.82 Å². The third-order valence-corrected chi connectivity index (χ3v) is 6.21. The van der Waals surface area contributed by atoms with E-state index in [-0.39, 0.29) is 23.8 Å². The molecule has 1 aromatic heterocycles. The van der Waals surface area contributed by atoms with Crippen LogP contribution in [0.15, 0.2) is 24.3 Å². The number of rotatable bonds is 6. The summed E-state index contributed by atoms with van der Waals surface area (Å²) in [6, 6.07) is 8.24. The molecule has 2 fully saturated rings. The molecular formula is C24H34N4O2. The van der Waals surface area contributed by atoms with Crippen LogP contribution in [0, 0.1) is 17.8 Å². The molecule has 3 heterocycles. The number of imidazole rings is 1. The fourth-order valence-electron chi connectivity index (χ4n) is 4.99. The Bertz CT molecular complexity index is 932. The summed E-state index contributed by atoms with van der Waals surface area (Å²) >= 11 is 0. The first-order chi connectivity index (χ1) is 14.3. The van der Waals surface area contributed by atoms with E-state index in [1.54, 1.807) is 0 Å². The Morgan fingerprint density at radius 1 is 1.13 bits per heavy atom. The van der Waals surface area contributed by atoms with Crippen LogP contribution in [0.5, 0.6) is 0 Å². The Kier molecular flexibility index (Phi) is 5.85. The largest absolute Gasteiger partial charge is 0.342 e. The normalized spacial score (nSPS) is 22.3. The molecule has 6 heteroatoms. The van der Waals surface area contributed by atoms with Crippen LogP contribution in [0.1, 0.15) is 58.8 Å². The first-order valence-corrected chi connectivity index (χ1v) is 11.4. The quantitative estimate of drug-likeness (QED) is 0.727. The summed E-state index contributed by atoms with van der Waals surface area (Å²) in [5.74, 6) is 1.92. The van der Waals surface area contributed by atoms with Gasteiger partial charge >= 0.3 is 0 Å². The van der Waals surface area contributed by atoms with Gasteiger partial charge in [-0.2, -0.15) is 0 Å². The predicted molar refractivity (Wildman–Crippen MR) is 118 cm³/mol. The summed E-state index contributed by atoms with van der Waals surface area (Å²) in [5, 5.41) is 0. The standard InChI is InChI=1S/C24H34N4O2/c1-16(2)13-26-15-18(12-22(26)29)24(30)27-11-7-10-21(27)23-25-19-8-5-6-9-20(19)28(23)14-17(3)4/h5-6,8-9,16-18,21H,7,10-15H2,1-4H3/t18?,21-/m1/s1. The minimum absolute atomic E-state index is 0.00194. The van der Waals surface area contributed by atoms with Crippen LogP contribution >= 0.6 is 0 Å². The van der Waals surface area contributed by atoms with Crippen molar-refractivity contribution < 1.29 is 9.59 Å². The SMILES string of the molecule is CC(C)CN1CC(C(=O)N2CCC[C@@H]2c2nc3ccccc3n2CC(C)C)CC1=O. The third-order valence-electron chi connectivity index (χ3n) is 6.21. The molecular weight excluding hydrogens is 376 g/mol. The number of amides is 2. The summed E-state index contributed by atoms with van der Waals surface area (Å²) in [4.78, 5) is 34.7. The Morgan fingerprint density at radius 3 is 2.60 bits per heavy atom. The zero-order chi connectivity index (χ0) is 21.4. The zero-order valence-electron chi connectivity index (χ0n) is 18.7. The van der Waals surface area contributed by atoms with Gasteiger partial charge in [-0.15, -0.1) is 0 Å². The van der Waals surface area contributed by atoms with E-state index in [4.69, 9.17) is 4.98 Å². The molecule has 2 aliphatic rings. The van der Waals surface area contributed by atoms with Crippen molar-refractivity contribution in [2.45, 2.75) is 59.5 Å². The molecule has 2 atom stereocenters. The zero-order valence-corrected chi connectivity index (χ0v) is 18.7. The number of hydrogen-bond donors (Lipinski definition) is 0. The van der Waals surface area contributed by atoms with E-state index in [0.29, 0.717) is 24.8 Å². The number of carbonyl (C=O) groups is 2. The van der Waals surface area contributed by atoms with E-state index >= 15 is 0 Å². The Labute approximate surface area is 179 Å². The number of aromatic nitrogens is 2. The lowest BCUT2D eigenvalue weighted by Crippen LogP contribution is -2.38. The van der Waals surface area contributed by atoms with Crippen molar-refractivity contribution in [3.63, 3.8) is 0 Å². The Morgan fingerprint density at radius 2 is 1.87 bits per heavy atom. The van der Waals surface area contributed by atoms with Crippen molar-refractivity contribution in [1.29, 1.82) is 0 Å². The van der Waals surface area contributed by atoms with Crippen molar-refractivity contribution in [2.24, 2.45) is 17.8 Å². The summed E-state index contributed by atoms with van der Waals surface area (Å²) in [6.07, 6.45) is 2.26. The van der Waals surface area contributed by atoms with E-state index in [1.807, 2.05) is 15.9 Å². The highest BCUT2D eigenvalue weighted by molar-refractivity contribution is 5.89. The maximum absolute atomic E-state index is 13.5. The fourth-order valence-corrected chi connectivity index (χ4v) is 4.99. The van der Waals surface area contributed by atoms with Crippen LogP contribution in [0.2, 0.25) is 0 Å². The van der Waals surface area contributed by atoms with Crippen molar-refractivity contribution in [3.05, 3.63) is 30.1 Å². The third kappa shape index (κ3) is 3.96. The van der Waals surface area contributed by atoms with Gasteiger partial charge in [0, 0.05) is 32.6 Å². The summed E-state index contributed by atoms with van der Waals surface area (Å²) < 4.78 is 2.31. The van der Waals surface area contributed by atoms with Crippen molar-refractivity contribution in [1.82, 2.24) is 19.4 Å². The van der Waals surface area contributed by atoms with Crippen LogP contribution < -0.4 is 0 Å². The summed E-state index contributed by atoms with van der Waals surface area (Å²) in [5.41, 5.74) is 2.13. The fraction of sp³-hybridized carbons (Fsp3) is 0.625. The van der Waals surface area contributed by atoms with Gasteiger partial charge in [-0.3, -0.25) is 9.59 Å². The van der Waals surface area contributed by atoms with Gasteiger partial charge in [-0.1, -0.05) is 39.8 Å². The Hall–Kier alpha value is -2.37. The van der Waals surface area contributed by atoms with Gasteiger partial charge in [0.05, 0.1) is 23.0 Å². The molecule has 4 rings (SSSR count). The smallest absolute Gasteiger partial charge is 0.228 e. The van der Waals surface area contributed by atoms with E-state index in [9.17, 15) is 9.59 Å². The van der Waals surface area contributed by atoms with Crippen LogP contribution in [0.25, 0.3) is 11.0 Å². The molecule has 0 spiro atoms. The second-order valence-corrected chi connectivity index (χ2v) is 9.75. The highest BCUT2D eigenvalue weighted by Crippen LogP contribution is 2.36. The summed E-state index contributed by atoms with van der Waals surface area (Å²) in [6.45, 7) is 11.6. The number of hydrogen-bond acceptors (Lipinski definition) is 3. The molecule has 2 saturated heterocycles. The molecule has 162 valence electrons. The molecule has 0 radical (unpaired) electrons. The van der Waals surface area contributed by atoms with E-state index in [2.05, 4.69) is 50.5 Å². The highest BCUT2D eigenvalue weighted by atomic mass is 16.2. The maximum Gasteiger partial charge on any atom is 0.228 e. The van der Waals surface area contributed by atoms with Gasteiger partial charge in [0.15, 0.2) is 0 Å². The van der Waals surface area contributed by atoms with E-state index in [1.165, 1.54) is 0 Å². The number of likely N-dealkylation sites (tertiary alicyclic amines) is 2. The van der Waals surface area contributed by atoms with Gasteiger partial charge in [0.2, 0.25) is 11.8 Å². The molecule has 0 N–H and O–H groups in total. The lowest BCUT2D eigenvalue weighted by molar-refractivity contribution is -0.137. The van der Waals surface area contributed by atoms with Crippen molar-refractivity contribution in [2.75, 3.05) is 19.6 Å². The number of fused-ring (bicyclic) bond motifs is 1. The van der Waals surface area contributed by atoms with Gasteiger partial charge in [0.25, 0.3) is 0 Å². The average Bonchev–Trinajstić information content (AvgIpc) is 3.39. The van der Waals surface area contributed by atoms with Crippen LogP contribution in [0.4, 0.5) is 0 Å². The van der Waals surface area contributed by atoms with Gasteiger partial charge in [-0.25, -0.2) is 4.98 Å². The minimum Gasteiger partial charge on any atom is -0.342 e. The number of carbonyl (C=O) groups excluding carboxylic acids is 2. The average molecular weight is 411 g/mol. The van der Waals surface area contributed by atoms with Crippen LogP contribution in [-0.2, 0) is 16.1 Å². The number of para-hydroxylation sites is 2. The van der Waals surface area contributed by atoms with E-state index < -0.39 is 0 Å². The molecule has 6 nitrogen and oxygen atoms in total.